The highest BCUT2D eigenvalue weighted by molar-refractivity contribution is 9.10. The molecule has 7 heteroatoms. The smallest absolute Gasteiger partial charge is 0.272 e. The molecule has 1 fully saturated rings. The number of amides is 1. The van der Waals surface area contributed by atoms with E-state index in [1.54, 1.807) is 17.2 Å². The van der Waals surface area contributed by atoms with Crippen LogP contribution in [0.3, 0.4) is 0 Å². The zero-order chi connectivity index (χ0) is 17.9. The molecule has 6 nitrogen and oxygen atoms in total. The van der Waals surface area contributed by atoms with Crippen LogP contribution in [-0.4, -0.2) is 45.2 Å². The van der Waals surface area contributed by atoms with Gasteiger partial charge >= 0.3 is 0 Å². The van der Waals surface area contributed by atoms with E-state index in [2.05, 4.69) is 31.1 Å². The Balaban J connectivity index is 1.40. The van der Waals surface area contributed by atoms with Crippen LogP contribution in [0.4, 0.5) is 0 Å². The van der Waals surface area contributed by atoms with Gasteiger partial charge in [0.25, 0.3) is 5.91 Å². The summed E-state index contributed by atoms with van der Waals surface area (Å²) in [5, 5.41) is 7.11. The van der Waals surface area contributed by atoms with Crippen LogP contribution in [0.1, 0.15) is 16.9 Å². The van der Waals surface area contributed by atoms with Gasteiger partial charge in [-0.15, -0.1) is 0 Å². The van der Waals surface area contributed by atoms with E-state index in [9.17, 15) is 4.79 Å². The molecule has 26 heavy (non-hydrogen) atoms. The number of halogens is 1. The molecule has 2 aromatic heterocycles. The van der Waals surface area contributed by atoms with Gasteiger partial charge in [-0.05, 0) is 28.1 Å². The normalized spacial score (nSPS) is 16.7. The van der Waals surface area contributed by atoms with Gasteiger partial charge in [-0.1, -0.05) is 30.3 Å². The minimum absolute atomic E-state index is 0.0517. The molecule has 1 aliphatic rings. The molecule has 1 N–H and O–H groups in total. The number of nitrogens with zero attached hydrogens (tertiary/aromatic N) is 3. The fraction of sp³-hybridized carbons (Fsp3) is 0.211. The van der Waals surface area contributed by atoms with Crippen LogP contribution in [-0.2, 0) is 0 Å². The maximum Gasteiger partial charge on any atom is 0.272 e. The number of pyridine rings is 1. The van der Waals surface area contributed by atoms with Crippen LogP contribution in [0.5, 0.6) is 5.88 Å². The van der Waals surface area contributed by atoms with Crippen molar-refractivity contribution < 1.29 is 9.53 Å². The van der Waals surface area contributed by atoms with Crippen molar-refractivity contribution in [3.8, 4) is 17.1 Å². The highest BCUT2D eigenvalue weighted by Crippen LogP contribution is 2.21. The first-order valence-corrected chi connectivity index (χ1v) is 9.16. The first-order chi connectivity index (χ1) is 12.7. The monoisotopic (exact) mass is 412 g/mol. The number of carbonyl (C=O) groups excluding carboxylic acids is 1. The summed E-state index contributed by atoms with van der Waals surface area (Å²) in [6.45, 7) is 1.19. The predicted molar refractivity (Wildman–Crippen MR) is 101 cm³/mol. The van der Waals surface area contributed by atoms with Crippen LogP contribution in [0, 0.1) is 0 Å². The molecule has 4 rings (SSSR count). The molecule has 1 aliphatic heterocycles. The minimum atomic E-state index is -0.0606. The molecule has 0 radical (unpaired) electrons. The molecule has 1 atom stereocenters. The van der Waals surface area contributed by atoms with Gasteiger partial charge in [-0.25, -0.2) is 4.98 Å². The maximum atomic E-state index is 12.7. The Bertz CT molecular complexity index is 895. The molecule has 1 saturated heterocycles. The van der Waals surface area contributed by atoms with Crippen LogP contribution >= 0.6 is 15.9 Å². The number of H-pyrrole nitrogens is 1. The molecule has 3 aromatic rings. The molecule has 1 amide bonds. The standard InChI is InChI=1S/C19H17BrN4O2/c20-14-6-7-18(21-11-14)26-15-8-9-24(12-15)19(25)17-10-16(22-23-17)13-4-2-1-3-5-13/h1-7,10-11,15H,8-9,12H2,(H,22,23). The summed E-state index contributed by atoms with van der Waals surface area (Å²) < 4.78 is 6.77. The second-order valence-electron chi connectivity index (χ2n) is 6.13. The average molecular weight is 413 g/mol. The van der Waals surface area contributed by atoms with Gasteiger partial charge in [-0.2, -0.15) is 5.10 Å². The Kier molecular flexibility index (Phi) is 4.71. The van der Waals surface area contributed by atoms with E-state index in [0.717, 1.165) is 22.2 Å². The van der Waals surface area contributed by atoms with E-state index >= 15 is 0 Å². The number of aromatic nitrogens is 3. The number of hydrogen-bond donors (Lipinski definition) is 1. The van der Waals surface area contributed by atoms with E-state index in [1.165, 1.54) is 0 Å². The van der Waals surface area contributed by atoms with Crippen molar-refractivity contribution >= 4 is 21.8 Å². The summed E-state index contributed by atoms with van der Waals surface area (Å²) in [6, 6.07) is 15.3. The lowest BCUT2D eigenvalue weighted by Crippen LogP contribution is -2.31. The topological polar surface area (TPSA) is 71.1 Å². The number of rotatable bonds is 4. The van der Waals surface area contributed by atoms with E-state index < -0.39 is 0 Å². The Morgan fingerprint density at radius 3 is 2.85 bits per heavy atom. The largest absolute Gasteiger partial charge is 0.472 e. The van der Waals surface area contributed by atoms with E-state index in [0.29, 0.717) is 24.7 Å². The molecule has 132 valence electrons. The zero-order valence-electron chi connectivity index (χ0n) is 13.9. The highest BCUT2D eigenvalue weighted by atomic mass is 79.9. The molecule has 0 saturated carbocycles. The van der Waals surface area contributed by atoms with Crippen molar-refractivity contribution in [3.63, 3.8) is 0 Å². The fourth-order valence-corrected chi connectivity index (χ4v) is 3.20. The van der Waals surface area contributed by atoms with Crippen LogP contribution < -0.4 is 4.74 Å². The summed E-state index contributed by atoms with van der Waals surface area (Å²) in [7, 11) is 0. The minimum Gasteiger partial charge on any atom is -0.472 e. The van der Waals surface area contributed by atoms with Gasteiger partial charge in [0, 0.05) is 35.3 Å². The summed E-state index contributed by atoms with van der Waals surface area (Å²) >= 11 is 3.35. The summed E-state index contributed by atoms with van der Waals surface area (Å²) in [5.74, 6) is 0.509. The van der Waals surface area contributed by atoms with Crippen molar-refractivity contribution in [3.05, 3.63) is 64.9 Å². The van der Waals surface area contributed by atoms with E-state index in [-0.39, 0.29) is 12.0 Å². The quantitative estimate of drug-likeness (QED) is 0.711. The number of ether oxygens (including phenoxy) is 1. The second kappa shape index (κ2) is 7.29. The Hall–Kier alpha value is -2.67. The summed E-state index contributed by atoms with van der Waals surface area (Å²) in [4.78, 5) is 18.7. The van der Waals surface area contributed by atoms with Gasteiger partial charge < -0.3 is 9.64 Å². The molecule has 1 aromatic carbocycles. The summed E-state index contributed by atoms with van der Waals surface area (Å²) in [6.07, 6.45) is 2.43. The molecular weight excluding hydrogens is 396 g/mol. The first-order valence-electron chi connectivity index (χ1n) is 8.37. The molecule has 0 spiro atoms. The Labute approximate surface area is 159 Å². The summed E-state index contributed by atoms with van der Waals surface area (Å²) in [5.41, 5.74) is 2.23. The van der Waals surface area contributed by atoms with E-state index in [4.69, 9.17) is 4.74 Å². The molecule has 3 heterocycles. The third-order valence-corrected chi connectivity index (χ3v) is 4.77. The lowest BCUT2D eigenvalue weighted by molar-refractivity contribution is 0.0765. The third kappa shape index (κ3) is 3.62. The zero-order valence-corrected chi connectivity index (χ0v) is 15.5. The van der Waals surface area contributed by atoms with Gasteiger partial charge in [0.1, 0.15) is 11.8 Å². The predicted octanol–water partition coefficient (Wildman–Crippen LogP) is 3.53. The number of carbonyl (C=O) groups is 1. The van der Waals surface area contributed by atoms with Crippen LogP contribution in [0.2, 0.25) is 0 Å². The lowest BCUT2D eigenvalue weighted by Gasteiger charge is -2.16. The van der Waals surface area contributed by atoms with Crippen molar-refractivity contribution in [2.75, 3.05) is 13.1 Å². The number of hydrogen-bond acceptors (Lipinski definition) is 4. The van der Waals surface area contributed by atoms with E-state index in [1.807, 2.05) is 42.5 Å². The Morgan fingerprint density at radius 1 is 1.23 bits per heavy atom. The highest BCUT2D eigenvalue weighted by Gasteiger charge is 2.29. The van der Waals surface area contributed by atoms with Gasteiger partial charge in [0.2, 0.25) is 5.88 Å². The number of likely N-dealkylation sites (tertiary alicyclic amines) is 1. The first kappa shape index (κ1) is 16.8. The fourth-order valence-electron chi connectivity index (χ4n) is 2.97. The van der Waals surface area contributed by atoms with Crippen molar-refractivity contribution in [1.29, 1.82) is 0 Å². The number of benzene rings is 1. The SMILES string of the molecule is O=C(c1cc(-c2ccccc2)n[nH]1)N1CCC(Oc2ccc(Br)cn2)C1. The van der Waals surface area contributed by atoms with Crippen LogP contribution in [0.25, 0.3) is 11.3 Å². The molecule has 0 bridgehead atoms. The van der Waals surface area contributed by atoms with Crippen molar-refractivity contribution in [2.24, 2.45) is 0 Å². The third-order valence-electron chi connectivity index (χ3n) is 4.30. The second-order valence-corrected chi connectivity index (χ2v) is 7.04. The van der Waals surface area contributed by atoms with Gasteiger partial charge in [-0.3, -0.25) is 9.89 Å². The van der Waals surface area contributed by atoms with Gasteiger partial charge in [0.05, 0.1) is 12.2 Å². The van der Waals surface area contributed by atoms with Gasteiger partial charge in [0.15, 0.2) is 0 Å². The Morgan fingerprint density at radius 2 is 2.08 bits per heavy atom. The maximum absolute atomic E-state index is 12.7. The average Bonchev–Trinajstić information content (AvgIpc) is 3.34. The van der Waals surface area contributed by atoms with Crippen molar-refractivity contribution in [1.82, 2.24) is 20.1 Å². The molecule has 0 aliphatic carbocycles. The molecular formula is C19H17BrN4O2. The van der Waals surface area contributed by atoms with Crippen LogP contribution in [0.15, 0.2) is 59.2 Å². The van der Waals surface area contributed by atoms with Crippen molar-refractivity contribution in [2.45, 2.75) is 12.5 Å². The lowest BCUT2D eigenvalue weighted by atomic mass is 10.1. The number of aromatic amines is 1. The molecule has 1 unspecified atom stereocenters. The number of nitrogens with one attached hydrogen (secondary N) is 1.